The van der Waals surface area contributed by atoms with Gasteiger partial charge in [-0.3, -0.25) is 9.59 Å². The molecule has 0 radical (unpaired) electrons. The molecule has 21 heavy (non-hydrogen) atoms. The number of rotatable bonds is 8. The van der Waals surface area contributed by atoms with Crippen LogP contribution in [0, 0.1) is 0 Å². The quantitative estimate of drug-likeness (QED) is 0.453. The number of ether oxygens (including phenoxy) is 2. The summed E-state index contributed by atoms with van der Waals surface area (Å²) in [6.07, 6.45) is 4.01. The Morgan fingerprint density at radius 2 is 2.05 bits per heavy atom. The van der Waals surface area contributed by atoms with Crippen molar-refractivity contribution in [3.05, 3.63) is 35.9 Å². The van der Waals surface area contributed by atoms with Crippen LogP contribution in [0.1, 0.15) is 25.3 Å². The standard InChI is InChI=1S/C16H21NO4/c1-3-21-16(19)9-6-12-17-15(18)11-10-13-7-4-5-8-14(13)20-2/h4-5,7-8,10-11H,3,6,9,12H2,1-2H3,(H,17,18). The minimum Gasteiger partial charge on any atom is -0.496 e. The van der Waals surface area contributed by atoms with Crippen LogP contribution >= 0.6 is 0 Å². The van der Waals surface area contributed by atoms with Crippen LogP contribution < -0.4 is 10.1 Å². The van der Waals surface area contributed by atoms with Gasteiger partial charge in [-0.25, -0.2) is 0 Å². The van der Waals surface area contributed by atoms with Crippen LogP contribution in [-0.4, -0.2) is 32.1 Å². The molecule has 0 unspecified atom stereocenters. The van der Waals surface area contributed by atoms with Crippen molar-refractivity contribution in [2.45, 2.75) is 19.8 Å². The highest BCUT2D eigenvalue weighted by Gasteiger charge is 2.02. The van der Waals surface area contributed by atoms with E-state index in [-0.39, 0.29) is 11.9 Å². The number of esters is 1. The van der Waals surface area contributed by atoms with Crippen molar-refractivity contribution in [3.63, 3.8) is 0 Å². The van der Waals surface area contributed by atoms with Gasteiger partial charge in [-0.1, -0.05) is 18.2 Å². The number of hydrogen-bond donors (Lipinski definition) is 1. The molecule has 5 heteroatoms. The predicted octanol–water partition coefficient (Wildman–Crippen LogP) is 2.17. The molecule has 0 spiro atoms. The molecule has 0 aromatic heterocycles. The lowest BCUT2D eigenvalue weighted by molar-refractivity contribution is -0.143. The Hall–Kier alpha value is -2.30. The number of amides is 1. The van der Waals surface area contributed by atoms with Gasteiger partial charge in [-0.2, -0.15) is 0 Å². The maximum absolute atomic E-state index is 11.6. The topological polar surface area (TPSA) is 64.6 Å². The van der Waals surface area contributed by atoms with E-state index in [9.17, 15) is 9.59 Å². The van der Waals surface area contributed by atoms with Crippen molar-refractivity contribution in [1.82, 2.24) is 5.32 Å². The molecule has 0 heterocycles. The Labute approximate surface area is 124 Å². The molecule has 0 saturated heterocycles. The fraction of sp³-hybridized carbons (Fsp3) is 0.375. The van der Waals surface area contributed by atoms with Crippen molar-refractivity contribution in [2.75, 3.05) is 20.3 Å². The zero-order chi connectivity index (χ0) is 15.5. The van der Waals surface area contributed by atoms with Gasteiger partial charge in [0.15, 0.2) is 0 Å². The van der Waals surface area contributed by atoms with Gasteiger partial charge in [0.2, 0.25) is 5.91 Å². The highest BCUT2D eigenvalue weighted by atomic mass is 16.5. The summed E-state index contributed by atoms with van der Waals surface area (Å²) in [4.78, 5) is 22.7. The molecule has 1 amide bonds. The van der Waals surface area contributed by atoms with Gasteiger partial charge in [-0.15, -0.1) is 0 Å². The number of para-hydroxylation sites is 1. The molecule has 0 saturated carbocycles. The van der Waals surface area contributed by atoms with Gasteiger partial charge >= 0.3 is 5.97 Å². The highest BCUT2D eigenvalue weighted by Crippen LogP contribution is 2.18. The molecule has 0 aliphatic rings. The van der Waals surface area contributed by atoms with E-state index in [0.717, 1.165) is 5.56 Å². The fourth-order valence-corrected chi connectivity index (χ4v) is 1.71. The minimum atomic E-state index is -0.240. The lowest BCUT2D eigenvalue weighted by atomic mass is 10.2. The summed E-state index contributed by atoms with van der Waals surface area (Å²) in [6.45, 7) is 2.59. The van der Waals surface area contributed by atoms with E-state index in [1.54, 1.807) is 20.1 Å². The van der Waals surface area contributed by atoms with E-state index in [4.69, 9.17) is 9.47 Å². The van der Waals surface area contributed by atoms with Crippen molar-refractivity contribution in [3.8, 4) is 5.75 Å². The number of nitrogens with one attached hydrogen (secondary N) is 1. The lowest BCUT2D eigenvalue weighted by Crippen LogP contribution is -2.22. The summed E-state index contributed by atoms with van der Waals surface area (Å²) in [5, 5.41) is 2.71. The monoisotopic (exact) mass is 291 g/mol. The summed E-state index contributed by atoms with van der Waals surface area (Å²) in [5.74, 6) is 0.268. The van der Waals surface area contributed by atoms with Crippen LogP contribution in [0.5, 0.6) is 5.75 Å². The maximum atomic E-state index is 11.6. The summed E-state index contributed by atoms with van der Waals surface area (Å²) in [5.41, 5.74) is 0.835. The summed E-state index contributed by atoms with van der Waals surface area (Å²) in [7, 11) is 1.59. The first-order valence-electron chi connectivity index (χ1n) is 6.92. The maximum Gasteiger partial charge on any atom is 0.305 e. The second kappa shape index (κ2) is 9.58. The number of hydrogen-bond acceptors (Lipinski definition) is 4. The average Bonchev–Trinajstić information content (AvgIpc) is 2.50. The molecule has 1 aromatic carbocycles. The molecule has 1 aromatic rings. The smallest absolute Gasteiger partial charge is 0.305 e. The van der Waals surface area contributed by atoms with Crippen LogP contribution in [0.15, 0.2) is 30.3 Å². The van der Waals surface area contributed by atoms with Gasteiger partial charge in [0.05, 0.1) is 13.7 Å². The average molecular weight is 291 g/mol. The van der Waals surface area contributed by atoms with Crippen molar-refractivity contribution < 1.29 is 19.1 Å². The predicted molar refractivity (Wildman–Crippen MR) is 80.9 cm³/mol. The summed E-state index contributed by atoms with van der Waals surface area (Å²) in [6, 6.07) is 7.44. The van der Waals surface area contributed by atoms with Crippen LogP contribution in [-0.2, 0) is 14.3 Å². The third-order valence-corrected chi connectivity index (χ3v) is 2.72. The number of carbonyl (C=O) groups is 2. The molecule has 0 bridgehead atoms. The van der Waals surface area contributed by atoms with Gasteiger partial charge in [-0.05, 0) is 25.5 Å². The van der Waals surface area contributed by atoms with E-state index in [1.807, 2.05) is 24.3 Å². The van der Waals surface area contributed by atoms with Crippen LogP contribution in [0.25, 0.3) is 6.08 Å². The first-order chi connectivity index (χ1) is 10.2. The number of benzene rings is 1. The van der Waals surface area contributed by atoms with Crippen LogP contribution in [0.4, 0.5) is 0 Å². The molecule has 0 atom stereocenters. The zero-order valence-electron chi connectivity index (χ0n) is 12.4. The molecule has 1 rings (SSSR count). The van der Waals surface area contributed by atoms with Crippen molar-refractivity contribution in [2.24, 2.45) is 0 Å². The van der Waals surface area contributed by atoms with Gasteiger partial charge in [0.25, 0.3) is 0 Å². The zero-order valence-corrected chi connectivity index (χ0v) is 12.4. The van der Waals surface area contributed by atoms with Crippen molar-refractivity contribution >= 4 is 18.0 Å². The lowest BCUT2D eigenvalue weighted by Gasteiger charge is -2.04. The second-order valence-electron chi connectivity index (χ2n) is 4.27. The molecule has 1 N–H and O–H groups in total. The van der Waals surface area contributed by atoms with E-state index in [2.05, 4.69) is 5.32 Å². The Morgan fingerprint density at radius 3 is 2.76 bits per heavy atom. The van der Waals surface area contributed by atoms with Crippen LogP contribution in [0.2, 0.25) is 0 Å². The van der Waals surface area contributed by atoms with E-state index in [0.29, 0.717) is 31.7 Å². The molecular formula is C16H21NO4. The van der Waals surface area contributed by atoms with E-state index in [1.165, 1.54) is 6.08 Å². The first kappa shape index (κ1) is 16.8. The minimum absolute atomic E-state index is 0.204. The Bertz CT molecular complexity index is 497. The molecule has 0 aliphatic carbocycles. The Morgan fingerprint density at radius 1 is 1.29 bits per heavy atom. The van der Waals surface area contributed by atoms with E-state index >= 15 is 0 Å². The Kier molecular flexibility index (Phi) is 7.64. The van der Waals surface area contributed by atoms with Crippen molar-refractivity contribution in [1.29, 1.82) is 0 Å². The summed E-state index contributed by atoms with van der Waals surface area (Å²) < 4.78 is 9.99. The second-order valence-corrected chi connectivity index (χ2v) is 4.27. The molecule has 0 fully saturated rings. The SMILES string of the molecule is CCOC(=O)CCCNC(=O)C=Cc1ccccc1OC. The molecule has 114 valence electrons. The van der Waals surface area contributed by atoms with Gasteiger partial charge < -0.3 is 14.8 Å². The fourth-order valence-electron chi connectivity index (χ4n) is 1.71. The Balaban J connectivity index is 2.33. The summed E-state index contributed by atoms with van der Waals surface area (Å²) >= 11 is 0. The highest BCUT2D eigenvalue weighted by molar-refractivity contribution is 5.92. The largest absolute Gasteiger partial charge is 0.496 e. The first-order valence-corrected chi connectivity index (χ1v) is 6.92. The third kappa shape index (κ3) is 6.61. The van der Waals surface area contributed by atoms with Crippen LogP contribution in [0.3, 0.4) is 0 Å². The van der Waals surface area contributed by atoms with Gasteiger partial charge in [0, 0.05) is 24.6 Å². The molecule has 0 aliphatic heterocycles. The molecule has 5 nitrogen and oxygen atoms in total. The number of carbonyl (C=O) groups excluding carboxylic acids is 2. The normalized spacial score (nSPS) is 10.4. The van der Waals surface area contributed by atoms with Gasteiger partial charge in [0.1, 0.15) is 5.75 Å². The third-order valence-electron chi connectivity index (χ3n) is 2.72. The number of methoxy groups -OCH3 is 1. The van der Waals surface area contributed by atoms with E-state index < -0.39 is 0 Å². The molecular weight excluding hydrogens is 270 g/mol.